The summed E-state index contributed by atoms with van der Waals surface area (Å²) in [6.07, 6.45) is 5.48. The monoisotopic (exact) mass is 344 g/mol. The first-order valence-corrected chi connectivity index (χ1v) is 7.06. The van der Waals surface area contributed by atoms with Crippen molar-refractivity contribution in [3.05, 3.63) is 41.3 Å². The van der Waals surface area contributed by atoms with E-state index in [1.807, 2.05) is 35.0 Å². The van der Waals surface area contributed by atoms with E-state index in [2.05, 4.69) is 31.2 Å². The highest BCUT2D eigenvalue weighted by Gasteiger charge is 2.17. The summed E-state index contributed by atoms with van der Waals surface area (Å²) in [7, 11) is 0. The fourth-order valence-electron chi connectivity index (χ4n) is 2.24. The molecule has 1 amide bonds. The maximum absolute atomic E-state index is 11.4. The van der Waals surface area contributed by atoms with Crippen LogP contribution >= 0.6 is 15.9 Å². The first-order valence-electron chi connectivity index (χ1n) is 6.26. The zero-order valence-electron chi connectivity index (χ0n) is 10.7. The number of carbonyl (C=O) groups is 1. The molecule has 3 heterocycles. The van der Waals surface area contributed by atoms with E-state index in [9.17, 15) is 4.79 Å². The number of anilines is 1. The minimum absolute atomic E-state index is 0.0542. The third-order valence-electron chi connectivity index (χ3n) is 3.19. The Bertz CT molecular complexity index is 875. The smallest absolute Gasteiger partial charge is 0.262 e. The third-order valence-corrected chi connectivity index (χ3v) is 3.60. The van der Waals surface area contributed by atoms with Crippen molar-refractivity contribution >= 4 is 33.3 Å². The van der Waals surface area contributed by atoms with Gasteiger partial charge in [-0.1, -0.05) is 0 Å². The van der Waals surface area contributed by atoms with Crippen molar-refractivity contribution in [1.29, 1.82) is 0 Å². The highest BCUT2D eigenvalue weighted by atomic mass is 79.9. The molecule has 0 bridgehead atoms. The maximum Gasteiger partial charge on any atom is 0.262 e. The van der Waals surface area contributed by atoms with Crippen LogP contribution < -0.4 is 10.1 Å². The van der Waals surface area contributed by atoms with Gasteiger partial charge in [-0.15, -0.1) is 0 Å². The van der Waals surface area contributed by atoms with Crippen molar-refractivity contribution in [2.24, 2.45) is 0 Å². The Hall–Kier alpha value is -2.41. The number of nitrogens with zero attached hydrogens (tertiary/aromatic N) is 3. The molecule has 0 spiro atoms. The van der Waals surface area contributed by atoms with Gasteiger partial charge < -0.3 is 10.1 Å². The van der Waals surface area contributed by atoms with Crippen LogP contribution in [-0.4, -0.2) is 26.9 Å². The van der Waals surface area contributed by atoms with Gasteiger partial charge >= 0.3 is 0 Å². The standard InChI is InChI=1S/C14H9BrN4O2/c15-9-4-16-14-18-11(6-19(14)5-9)8-1-2-12-10(3-8)17-13(20)7-21-12/h1-6H,7H2,(H,17,20). The number of amides is 1. The number of hydrogen-bond donors (Lipinski definition) is 1. The predicted molar refractivity (Wildman–Crippen MR) is 80.2 cm³/mol. The van der Waals surface area contributed by atoms with Gasteiger partial charge in [-0.05, 0) is 34.1 Å². The molecule has 0 fully saturated rings. The number of ether oxygens (including phenoxy) is 1. The van der Waals surface area contributed by atoms with Crippen LogP contribution in [0, 0.1) is 0 Å². The molecule has 7 heteroatoms. The van der Waals surface area contributed by atoms with Gasteiger partial charge in [0.2, 0.25) is 5.78 Å². The van der Waals surface area contributed by atoms with E-state index in [4.69, 9.17) is 4.74 Å². The lowest BCUT2D eigenvalue weighted by Gasteiger charge is -2.18. The summed E-state index contributed by atoms with van der Waals surface area (Å²) in [5, 5.41) is 2.79. The molecule has 1 aromatic carbocycles. The summed E-state index contributed by atoms with van der Waals surface area (Å²) in [5.41, 5.74) is 2.33. The number of aromatic nitrogens is 3. The second kappa shape index (κ2) is 4.56. The zero-order valence-corrected chi connectivity index (χ0v) is 12.3. The van der Waals surface area contributed by atoms with E-state index in [1.165, 1.54) is 0 Å². The number of nitrogens with one attached hydrogen (secondary N) is 1. The molecule has 0 saturated carbocycles. The number of benzene rings is 1. The fourth-order valence-corrected chi connectivity index (χ4v) is 2.56. The van der Waals surface area contributed by atoms with Crippen LogP contribution in [0.1, 0.15) is 0 Å². The van der Waals surface area contributed by atoms with Crippen molar-refractivity contribution in [3.63, 3.8) is 0 Å². The molecule has 1 N–H and O–H groups in total. The first-order chi connectivity index (χ1) is 10.2. The molecule has 0 radical (unpaired) electrons. The molecule has 21 heavy (non-hydrogen) atoms. The SMILES string of the molecule is O=C1COc2ccc(-c3cn4cc(Br)cnc4n3)cc2N1. The fraction of sp³-hybridized carbons (Fsp3) is 0.0714. The number of fused-ring (bicyclic) bond motifs is 2. The Labute approximate surface area is 127 Å². The highest BCUT2D eigenvalue weighted by Crippen LogP contribution is 2.32. The lowest BCUT2D eigenvalue weighted by molar-refractivity contribution is -0.118. The Kier molecular flexibility index (Phi) is 2.68. The molecule has 0 saturated heterocycles. The summed E-state index contributed by atoms with van der Waals surface area (Å²) in [6.45, 7) is 0.0542. The van der Waals surface area contributed by atoms with E-state index in [1.54, 1.807) is 6.20 Å². The normalized spacial score (nSPS) is 13.7. The van der Waals surface area contributed by atoms with Gasteiger partial charge in [-0.2, -0.15) is 0 Å². The Balaban J connectivity index is 1.81. The molecule has 6 nitrogen and oxygen atoms in total. The average molecular weight is 345 g/mol. The zero-order chi connectivity index (χ0) is 14.4. The summed E-state index contributed by atoms with van der Waals surface area (Å²) in [6, 6.07) is 5.59. The minimum Gasteiger partial charge on any atom is -0.482 e. The van der Waals surface area contributed by atoms with Crippen molar-refractivity contribution in [2.45, 2.75) is 0 Å². The van der Waals surface area contributed by atoms with E-state index < -0.39 is 0 Å². The van der Waals surface area contributed by atoms with Gasteiger partial charge in [0.05, 0.1) is 15.9 Å². The second-order valence-electron chi connectivity index (χ2n) is 4.65. The summed E-state index contributed by atoms with van der Waals surface area (Å²) < 4.78 is 8.07. The number of carbonyl (C=O) groups excluding carboxylic acids is 1. The van der Waals surface area contributed by atoms with Crippen LogP contribution in [-0.2, 0) is 4.79 Å². The number of hydrogen-bond acceptors (Lipinski definition) is 4. The molecule has 0 aliphatic carbocycles. The Morgan fingerprint density at radius 1 is 1.33 bits per heavy atom. The quantitative estimate of drug-likeness (QED) is 0.736. The molecular formula is C14H9BrN4O2. The molecule has 4 rings (SSSR count). The van der Waals surface area contributed by atoms with Crippen LogP contribution in [0.15, 0.2) is 41.3 Å². The molecule has 104 valence electrons. The Morgan fingerprint density at radius 3 is 3.14 bits per heavy atom. The van der Waals surface area contributed by atoms with Crippen molar-refractivity contribution in [1.82, 2.24) is 14.4 Å². The maximum atomic E-state index is 11.4. The molecular weight excluding hydrogens is 336 g/mol. The molecule has 2 aromatic heterocycles. The van der Waals surface area contributed by atoms with Crippen LogP contribution in [0.25, 0.3) is 17.0 Å². The van der Waals surface area contributed by atoms with E-state index in [0.29, 0.717) is 17.2 Å². The van der Waals surface area contributed by atoms with E-state index in [-0.39, 0.29) is 12.5 Å². The van der Waals surface area contributed by atoms with Gasteiger partial charge in [0.25, 0.3) is 5.91 Å². The lowest BCUT2D eigenvalue weighted by Crippen LogP contribution is -2.25. The second-order valence-corrected chi connectivity index (χ2v) is 5.57. The molecule has 1 aliphatic rings. The lowest BCUT2D eigenvalue weighted by atomic mass is 10.1. The predicted octanol–water partition coefficient (Wildman–Crippen LogP) is 2.49. The average Bonchev–Trinajstić information content (AvgIpc) is 2.89. The number of halogens is 1. The van der Waals surface area contributed by atoms with Crippen LogP contribution in [0.4, 0.5) is 5.69 Å². The van der Waals surface area contributed by atoms with Crippen LogP contribution in [0.3, 0.4) is 0 Å². The topological polar surface area (TPSA) is 68.5 Å². The molecule has 0 unspecified atom stereocenters. The van der Waals surface area contributed by atoms with Gasteiger partial charge in [0, 0.05) is 24.2 Å². The molecule has 0 atom stereocenters. The third kappa shape index (κ3) is 2.15. The largest absolute Gasteiger partial charge is 0.482 e. The number of imidazole rings is 1. The van der Waals surface area contributed by atoms with Gasteiger partial charge in [-0.25, -0.2) is 9.97 Å². The summed E-state index contributed by atoms with van der Waals surface area (Å²) in [5.74, 6) is 1.13. The number of rotatable bonds is 1. The van der Waals surface area contributed by atoms with Gasteiger partial charge in [0.1, 0.15) is 5.75 Å². The summed E-state index contributed by atoms with van der Waals surface area (Å²) >= 11 is 3.38. The Morgan fingerprint density at radius 2 is 2.24 bits per heavy atom. The van der Waals surface area contributed by atoms with Crippen molar-refractivity contribution in [3.8, 4) is 17.0 Å². The highest BCUT2D eigenvalue weighted by molar-refractivity contribution is 9.10. The molecule has 1 aliphatic heterocycles. The summed E-state index contributed by atoms with van der Waals surface area (Å²) in [4.78, 5) is 20.1. The first kappa shape index (κ1) is 12.3. The van der Waals surface area contributed by atoms with Crippen LogP contribution in [0.2, 0.25) is 0 Å². The minimum atomic E-state index is -0.153. The van der Waals surface area contributed by atoms with Gasteiger partial charge in [0.15, 0.2) is 6.61 Å². The van der Waals surface area contributed by atoms with Crippen molar-refractivity contribution in [2.75, 3.05) is 11.9 Å². The van der Waals surface area contributed by atoms with Crippen LogP contribution in [0.5, 0.6) is 5.75 Å². The molecule has 3 aromatic rings. The van der Waals surface area contributed by atoms with E-state index in [0.717, 1.165) is 15.7 Å². The van der Waals surface area contributed by atoms with E-state index >= 15 is 0 Å². The van der Waals surface area contributed by atoms with Crippen molar-refractivity contribution < 1.29 is 9.53 Å². The van der Waals surface area contributed by atoms with Gasteiger partial charge in [-0.3, -0.25) is 9.20 Å².